The van der Waals surface area contributed by atoms with Gasteiger partial charge in [-0.25, -0.2) is 4.79 Å². The van der Waals surface area contributed by atoms with E-state index in [4.69, 9.17) is 5.11 Å². The summed E-state index contributed by atoms with van der Waals surface area (Å²) >= 11 is 0. The largest absolute Gasteiger partial charge is 0.396 e. The molecule has 0 atom stereocenters. The predicted octanol–water partition coefficient (Wildman–Crippen LogP) is 1.50. The van der Waals surface area contributed by atoms with Crippen molar-refractivity contribution in [1.29, 1.82) is 0 Å². The quantitative estimate of drug-likeness (QED) is 0.657. The fourth-order valence-corrected chi connectivity index (χ4v) is 1.18. The van der Waals surface area contributed by atoms with E-state index < -0.39 is 0 Å². The van der Waals surface area contributed by atoms with E-state index in [0.717, 1.165) is 11.3 Å². The Kier molecular flexibility index (Phi) is 4.63. The van der Waals surface area contributed by atoms with Crippen LogP contribution in [0.3, 0.4) is 0 Å². The number of aliphatic hydroxyl groups is 1. The number of hydrogen-bond donors (Lipinski definition) is 3. The van der Waals surface area contributed by atoms with E-state index in [1.807, 2.05) is 31.2 Å². The summed E-state index contributed by atoms with van der Waals surface area (Å²) in [5.41, 5.74) is 1.87. The number of amides is 2. The second kappa shape index (κ2) is 6.03. The van der Waals surface area contributed by atoms with Crippen LogP contribution in [0.5, 0.6) is 0 Å². The molecule has 0 saturated heterocycles. The lowest BCUT2D eigenvalue weighted by Gasteiger charge is -2.07. The Balaban J connectivity index is 2.37. The summed E-state index contributed by atoms with van der Waals surface area (Å²) in [6.07, 6.45) is 0.571. The Bertz CT molecular complexity index is 326. The second-order valence-electron chi connectivity index (χ2n) is 3.33. The van der Waals surface area contributed by atoms with Crippen LogP contribution >= 0.6 is 0 Å². The third kappa shape index (κ3) is 4.46. The second-order valence-corrected chi connectivity index (χ2v) is 3.33. The lowest BCUT2D eigenvalue weighted by Crippen LogP contribution is -2.29. The number of urea groups is 1. The molecule has 1 aromatic carbocycles. The molecule has 0 spiro atoms. The van der Waals surface area contributed by atoms with E-state index in [1.165, 1.54) is 0 Å². The number of carbonyl (C=O) groups excluding carboxylic acids is 1. The average molecular weight is 208 g/mol. The minimum Gasteiger partial charge on any atom is -0.396 e. The van der Waals surface area contributed by atoms with Crippen LogP contribution in [-0.2, 0) is 0 Å². The highest BCUT2D eigenvalue weighted by Gasteiger charge is 1.99. The van der Waals surface area contributed by atoms with Crippen molar-refractivity contribution in [3.05, 3.63) is 29.8 Å². The van der Waals surface area contributed by atoms with Crippen molar-refractivity contribution >= 4 is 11.7 Å². The first kappa shape index (κ1) is 11.5. The number of carbonyl (C=O) groups is 1. The van der Waals surface area contributed by atoms with Crippen LogP contribution in [0.25, 0.3) is 0 Å². The normalized spacial score (nSPS) is 9.73. The van der Waals surface area contributed by atoms with Gasteiger partial charge in [-0.3, -0.25) is 0 Å². The third-order valence-electron chi connectivity index (χ3n) is 1.90. The van der Waals surface area contributed by atoms with Gasteiger partial charge in [0.1, 0.15) is 0 Å². The molecule has 0 fully saturated rings. The monoisotopic (exact) mass is 208 g/mol. The average Bonchev–Trinajstić information content (AvgIpc) is 2.18. The lowest BCUT2D eigenvalue weighted by molar-refractivity contribution is 0.249. The summed E-state index contributed by atoms with van der Waals surface area (Å²) in [5.74, 6) is 0. The van der Waals surface area contributed by atoms with Crippen molar-refractivity contribution in [1.82, 2.24) is 5.32 Å². The number of rotatable bonds is 4. The molecule has 4 heteroatoms. The lowest BCUT2D eigenvalue weighted by atomic mass is 10.2. The molecule has 0 heterocycles. The fourth-order valence-electron chi connectivity index (χ4n) is 1.18. The molecule has 0 radical (unpaired) electrons. The first-order valence-electron chi connectivity index (χ1n) is 4.95. The van der Waals surface area contributed by atoms with Gasteiger partial charge in [0.2, 0.25) is 0 Å². The Morgan fingerprint density at radius 3 is 2.93 bits per heavy atom. The molecule has 0 aliphatic carbocycles. The third-order valence-corrected chi connectivity index (χ3v) is 1.90. The van der Waals surface area contributed by atoms with Crippen LogP contribution in [0.2, 0.25) is 0 Å². The molecule has 1 rings (SSSR count). The van der Waals surface area contributed by atoms with Crippen molar-refractivity contribution in [2.75, 3.05) is 18.5 Å². The topological polar surface area (TPSA) is 61.4 Å². The summed E-state index contributed by atoms with van der Waals surface area (Å²) in [5, 5.41) is 13.9. The number of nitrogens with one attached hydrogen (secondary N) is 2. The Morgan fingerprint density at radius 1 is 1.47 bits per heavy atom. The summed E-state index contributed by atoms with van der Waals surface area (Å²) in [4.78, 5) is 11.3. The fraction of sp³-hybridized carbons (Fsp3) is 0.364. The van der Waals surface area contributed by atoms with Gasteiger partial charge < -0.3 is 15.7 Å². The minimum atomic E-state index is -0.242. The van der Waals surface area contributed by atoms with Crippen molar-refractivity contribution in [2.24, 2.45) is 0 Å². The summed E-state index contributed by atoms with van der Waals surface area (Å²) < 4.78 is 0. The van der Waals surface area contributed by atoms with Gasteiger partial charge in [0.15, 0.2) is 0 Å². The highest BCUT2D eigenvalue weighted by Crippen LogP contribution is 2.08. The van der Waals surface area contributed by atoms with Gasteiger partial charge in [0.05, 0.1) is 0 Å². The molecule has 0 unspecified atom stereocenters. The van der Waals surface area contributed by atoms with Gasteiger partial charge in [-0.2, -0.15) is 0 Å². The summed E-state index contributed by atoms with van der Waals surface area (Å²) in [6.45, 7) is 2.54. The van der Waals surface area contributed by atoms with E-state index >= 15 is 0 Å². The van der Waals surface area contributed by atoms with E-state index in [2.05, 4.69) is 10.6 Å². The molecule has 82 valence electrons. The zero-order chi connectivity index (χ0) is 11.1. The zero-order valence-electron chi connectivity index (χ0n) is 8.79. The number of benzene rings is 1. The van der Waals surface area contributed by atoms with Crippen LogP contribution in [0, 0.1) is 6.92 Å². The summed E-state index contributed by atoms with van der Waals surface area (Å²) in [6, 6.07) is 7.34. The molecule has 0 aliphatic heterocycles. The molecule has 4 nitrogen and oxygen atoms in total. The van der Waals surface area contributed by atoms with Crippen LogP contribution in [0.15, 0.2) is 24.3 Å². The molecule has 0 saturated carbocycles. The van der Waals surface area contributed by atoms with Crippen molar-refractivity contribution in [2.45, 2.75) is 13.3 Å². The molecule has 2 amide bonds. The highest BCUT2D eigenvalue weighted by atomic mass is 16.3. The van der Waals surface area contributed by atoms with E-state index in [1.54, 1.807) is 0 Å². The Labute approximate surface area is 89.3 Å². The minimum absolute atomic E-state index is 0.0880. The zero-order valence-corrected chi connectivity index (χ0v) is 8.79. The van der Waals surface area contributed by atoms with Crippen LogP contribution in [0.1, 0.15) is 12.0 Å². The van der Waals surface area contributed by atoms with Crippen LogP contribution in [0.4, 0.5) is 10.5 Å². The summed E-state index contributed by atoms with van der Waals surface area (Å²) in [7, 11) is 0. The van der Waals surface area contributed by atoms with E-state index in [9.17, 15) is 4.79 Å². The number of hydrogen-bond acceptors (Lipinski definition) is 2. The molecular weight excluding hydrogens is 192 g/mol. The maximum Gasteiger partial charge on any atom is 0.319 e. The van der Waals surface area contributed by atoms with Gasteiger partial charge in [-0.1, -0.05) is 12.1 Å². The molecule has 0 aliphatic rings. The first-order valence-corrected chi connectivity index (χ1v) is 4.95. The van der Waals surface area contributed by atoms with Crippen LogP contribution < -0.4 is 10.6 Å². The molecule has 1 aromatic rings. The van der Waals surface area contributed by atoms with Gasteiger partial charge in [0.25, 0.3) is 0 Å². The van der Waals surface area contributed by atoms with Gasteiger partial charge in [0, 0.05) is 18.8 Å². The maximum absolute atomic E-state index is 11.3. The first-order chi connectivity index (χ1) is 7.22. The molecule has 0 bridgehead atoms. The molecule has 15 heavy (non-hydrogen) atoms. The number of anilines is 1. The van der Waals surface area contributed by atoms with Crippen molar-refractivity contribution < 1.29 is 9.90 Å². The Morgan fingerprint density at radius 2 is 2.27 bits per heavy atom. The number of aryl methyl sites for hydroxylation is 1. The van der Waals surface area contributed by atoms with Crippen LogP contribution in [-0.4, -0.2) is 24.3 Å². The van der Waals surface area contributed by atoms with Crippen molar-refractivity contribution in [3.8, 4) is 0 Å². The maximum atomic E-state index is 11.3. The molecule has 0 aromatic heterocycles. The number of aliphatic hydroxyl groups excluding tert-OH is 1. The Hall–Kier alpha value is -1.55. The SMILES string of the molecule is Cc1cccc(NC(=O)NCCCO)c1. The standard InChI is InChI=1S/C11H16N2O2/c1-9-4-2-5-10(8-9)13-11(15)12-6-3-7-14/h2,4-5,8,14H,3,6-7H2,1H3,(H2,12,13,15). The molecule has 3 N–H and O–H groups in total. The smallest absolute Gasteiger partial charge is 0.319 e. The van der Waals surface area contributed by atoms with Gasteiger partial charge in [-0.05, 0) is 31.0 Å². The molecular formula is C11H16N2O2. The van der Waals surface area contributed by atoms with Crippen molar-refractivity contribution in [3.63, 3.8) is 0 Å². The van der Waals surface area contributed by atoms with Gasteiger partial charge >= 0.3 is 6.03 Å². The predicted molar refractivity (Wildman–Crippen MR) is 59.9 cm³/mol. The highest BCUT2D eigenvalue weighted by molar-refractivity contribution is 5.89. The van der Waals surface area contributed by atoms with E-state index in [-0.39, 0.29) is 12.6 Å². The van der Waals surface area contributed by atoms with Gasteiger partial charge in [-0.15, -0.1) is 0 Å². The van der Waals surface area contributed by atoms with E-state index in [0.29, 0.717) is 13.0 Å².